The van der Waals surface area contributed by atoms with Crippen molar-refractivity contribution in [1.29, 1.82) is 0 Å². The number of nitrogens with one attached hydrogen (secondary N) is 2. The zero-order valence-electron chi connectivity index (χ0n) is 11.9. The summed E-state index contributed by atoms with van der Waals surface area (Å²) in [6.07, 6.45) is 0.768. The third-order valence-corrected chi connectivity index (χ3v) is 3.07. The fraction of sp³-hybridized carbons (Fsp3) is 0.429. The van der Waals surface area contributed by atoms with Crippen molar-refractivity contribution in [1.82, 2.24) is 20.2 Å². The minimum Gasteiger partial charge on any atom is -0.399 e. The summed E-state index contributed by atoms with van der Waals surface area (Å²) in [4.78, 5) is 21.2. The average molecular weight is 275 g/mol. The van der Waals surface area contributed by atoms with Gasteiger partial charge in [0.25, 0.3) is 0 Å². The third kappa shape index (κ3) is 3.71. The first-order chi connectivity index (χ1) is 9.58. The molecule has 1 amide bonds. The molecule has 0 atom stereocenters. The zero-order chi connectivity index (χ0) is 14.5. The Morgan fingerprint density at radius 1 is 1.50 bits per heavy atom. The van der Waals surface area contributed by atoms with Gasteiger partial charge in [-0.1, -0.05) is 0 Å². The van der Waals surface area contributed by atoms with E-state index >= 15 is 0 Å². The van der Waals surface area contributed by atoms with Crippen molar-refractivity contribution in [3.8, 4) is 0 Å². The van der Waals surface area contributed by atoms with Gasteiger partial charge in [-0.05, 0) is 32.2 Å². The summed E-state index contributed by atoms with van der Waals surface area (Å²) in [6.45, 7) is 3.75. The zero-order valence-corrected chi connectivity index (χ0v) is 11.9. The average Bonchev–Trinajstić information content (AvgIpc) is 2.78. The minimum absolute atomic E-state index is 0.0485. The van der Waals surface area contributed by atoms with E-state index in [2.05, 4.69) is 15.3 Å². The molecule has 2 rings (SSSR count). The van der Waals surface area contributed by atoms with Gasteiger partial charge in [0.1, 0.15) is 5.82 Å². The fourth-order valence-corrected chi connectivity index (χ4v) is 2.07. The summed E-state index contributed by atoms with van der Waals surface area (Å²) < 4.78 is 0. The molecule has 4 N–H and O–H groups in total. The van der Waals surface area contributed by atoms with Crippen molar-refractivity contribution < 1.29 is 4.79 Å². The first-order valence-corrected chi connectivity index (χ1v) is 6.78. The summed E-state index contributed by atoms with van der Waals surface area (Å²) in [5, 5.41) is 2.78. The van der Waals surface area contributed by atoms with Gasteiger partial charge in [0, 0.05) is 25.2 Å². The van der Waals surface area contributed by atoms with Crippen LogP contribution in [0.3, 0.4) is 0 Å². The summed E-state index contributed by atoms with van der Waals surface area (Å²) >= 11 is 0. The van der Waals surface area contributed by atoms with Crippen molar-refractivity contribution in [3.63, 3.8) is 0 Å². The third-order valence-electron chi connectivity index (χ3n) is 3.07. The second kappa shape index (κ2) is 6.38. The number of hydrogen-bond donors (Lipinski definition) is 3. The van der Waals surface area contributed by atoms with Crippen LogP contribution in [0.2, 0.25) is 0 Å². The first-order valence-electron chi connectivity index (χ1n) is 6.78. The van der Waals surface area contributed by atoms with E-state index in [0.717, 1.165) is 35.5 Å². The molecule has 0 spiro atoms. The van der Waals surface area contributed by atoms with Crippen molar-refractivity contribution in [2.45, 2.75) is 13.3 Å². The molecule has 0 aliphatic rings. The number of carbonyl (C=O) groups is 1. The highest BCUT2D eigenvalue weighted by molar-refractivity contribution is 5.79. The van der Waals surface area contributed by atoms with Crippen LogP contribution < -0.4 is 11.1 Å². The highest BCUT2D eigenvalue weighted by Gasteiger charge is 2.07. The number of nitrogens with zero attached hydrogens (tertiary/aromatic N) is 2. The van der Waals surface area contributed by atoms with Gasteiger partial charge in [0.15, 0.2) is 0 Å². The first kappa shape index (κ1) is 14.3. The molecule has 0 bridgehead atoms. The molecule has 0 saturated carbocycles. The number of aromatic amines is 1. The Labute approximate surface area is 118 Å². The van der Waals surface area contributed by atoms with E-state index in [0.29, 0.717) is 13.1 Å². The summed E-state index contributed by atoms with van der Waals surface area (Å²) in [5.74, 6) is 0.959. The van der Waals surface area contributed by atoms with Crippen molar-refractivity contribution in [2.24, 2.45) is 0 Å². The Morgan fingerprint density at radius 2 is 2.30 bits per heavy atom. The van der Waals surface area contributed by atoms with Crippen LogP contribution in [-0.4, -0.2) is 47.5 Å². The predicted octanol–water partition coefficient (Wildman–Crippen LogP) is 0.755. The molecule has 108 valence electrons. The Bertz CT molecular complexity index is 592. The molecule has 20 heavy (non-hydrogen) atoms. The number of H-pyrrole nitrogens is 1. The lowest BCUT2D eigenvalue weighted by Gasteiger charge is -2.14. The maximum atomic E-state index is 11.5. The normalized spacial score (nSPS) is 11.2. The van der Waals surface area contributed by atoms with E-state index in [1.807, 2.05) is 37.1 Å². The number of aromatic nitrogens is 2. The Kier molecular flexibility index (Phi) is 4.57. The van der Waals surface area contributed by atoms with Gasteiger partial charge < -0.3 is 16.0 Å². The van der Waals surface area contributed by atoms with E-state index in [4.69, 9.17) is 5.73 Å². The molecule has 6 nitrogen and oxygen atoms in total. The number of benzene rings is 1. The van der Waals surface area contributed by atoms with E-state index in [-0.39, 0.29) is 5.91 Å². The van der Waals surface area contributed by atoms with Gasteiger partial charge in [0.2, 0.25) is 5.91 Å². The molecular formula is C14H21N5O. The van der Waals surface area contributed by atoms with Gasteiger partial charge >= 0.3 is 0 Å². The molecule has 0 aliphatic carbocycles. The van der Waals surface area contributed by atoms with Crippen LogP contribution in [0.15, 0.2) is 18.2 Å². The largest absolute Gasteiger partial charge is 0.399 e. The monoisotopic (exact) mass is 275 g/mol. The Balaban J connectivity index is 1.90. The SMILES string of the molecule is CCNC(=O)CN(C)CCc1nc2ccc(N)cc2[nH]1. The standard InChI is InChI=1S/C14H21N5O/c1-3-16-14(20)9-19(2)7-6-13-17-11-5-4-10(15)8-12(11)18-13/h4-5,8H,3,6-7,9,15H2,1-2H3,(H,16,20)(H,17,18). The molecule has 6 heteroatoms. The van der Waals surface area contributed by atoms with Gasteiger partial charge in [-0.25, -0.2) is 4.98 Å². The number of anilines is 1. The lowest BCUT2D eigenvalue weighted by Crippen LogP contribution is -2.35. The number of fused-ring (bicyclic) bond motifs is 1. The summed E-state index contributed by atoms with van der Waals surface area (Å²) in [7, 11) is 1.93. The molecule has 0 saturated heterocycles. The number of likely N-dealkylation sites (N-methyl/N-ethyl adjacent to an activating group) is 2. The lowest BCUT2D eigenvalue weighted by atomic mass is 10.3. The topological polar surface area (TPSA) is 87.0 Å². The quantitative estimate of drug-likeness (QED) is 0.679. The molecule has 1 heterocycles. The maximum Gasteiger partial charge on any atom is 0.234 e. The van der Waals surface area contributed by atoms with Crippen LogP contribution in [0.1, 0.15) is 12.7 Å². The highest BCUT2D eigenvalue weighted by atomic mass is 16.1. The van der Waals surface area contributed by atoms with Crippen LogP contribution in [0, 0.1) is 0 Å². The number of nitrogens with two attached hydrogens (primary N) is 1. The molecule has 0 fully saturated rings. The minimum atomic E-state index is 0.0485. The fourth-order valence-electron chi connectivity index (χ4n) is 2.07. The van der Waals surface area contributed by atoms with Crippen LogP contribution in [-0.2, 0) is 11.2 Å². The number of rotatable bonds is 6. The Morgan fingerprint density at radius 3 is 3.05 bits per heavy atom. The smallest absolute Gasteiger partial charge is 0.234 e. The van der Waals surface area contributed by atoms with Crippen LogP contribution in [0.5, 0.6) is 0 Å². The molecule has 0 radical (unpaired) electrons. The van der Waals surface area contributed by atoms with Gasteiger partial charge in [0.05, 0.1) is 17.6 Å². The van der Waals surface area contributed by atoms with Gasteiger partial charge in [-0.3, -0.25) is 9.69 Å². The number of carbonyl (C=O) groups excluding carboxylic acids is 1. The predicted molar refractivity (Wildman–Crippen MR) is 80.4 cm³/mol. The number of nitrogen functional groups attached to an aromatic ring is 1. The van der Waals surface area contributed by atoms with Crippen LogP contribution in [0.25, 0.3) is 11.0 Å². The second-order valence-corrected chi connectivity index (χ2v) is 4.90. The van der Waals surface area contributed by atoms with E-state index in [1.54, 1.807) is 0 Å². The second-order valence-electron chi connectivity index (χ2n) is 4.90. The Hall–Kier alpha value is -2.08. The maximum absolute atomic E-state index is 11.5. The van der Waals surface area contributed by atoms with Crippen LogP contribution >= 0.6 is 0 Å². The molecular weight excluding hydrogens is 254 g/mol. The number of amides is 1. The van der Waals surface area contributed by atoms with Crippen molar-refractivity contribution >= 4 is 22.6 Å². The van der Waals surface area contributed by atoms with Crippen molar-refractivity contribution in [3.05, 3.63) is 24.0 Å². The van der Waals surface area contributed by atoms with E-state index < -0.39 is 0 Å². The molecule has 2 aromatic rings. The molecule has 1 aromatic heterocycles. The molecule has 0 unspecified atom stereocenters. The van der Waals surface area contributed by atoms with Crippen LogP contribution in [0.4, 0.5) is 5.69 Å². The van der Waals surface area contributed by atoms with E-state index in [1.165, 1.54) is 0 Å². The summed E-state index contributed by atoms with van der Waals surface area (Å²) in [6, 6.07) is 5.63. The number of hydrogen-bond acceptors (Lipinski definition) is 4. The summed E-state index contributed by atoms with van der Waals surface area (Å²) in [5.41, 5.74) is 8.33. The van der Waals surface area contributed by atoms with Gasteiger partial charge in [-0.2, -0.15) is 0 Å². The molecule has 1 aromatic carbocycles. The van der Waals surface area contributed by atoms with Gasteiger partial charge in [-0.15, -0.1) is 0 Å². The highest BCUT2D eigenvalue weighted by Crippen LogP contribution is 2.15. The number of imidazole rings is 1. The lowest BCUT2D eigenvalue weighted by molar-refractivity contribution is -0.121. The molecule has 0 aliphatic heterocycles. The van der Waals surface area contributed by atoms with E-state index in [9.17, 15) is 4.79 Å². The van der Waals surface area contributed by atoms with Crippen molar-refractivity contribution in [2.75, 3.05) is 32.4 Å².